The molecule has 1 amide bonds. The molecule has 3 rings (SSSR count). The number of ether oxygens (including phenoxy) is 1. The minimum atomic E-state index is -0.661. The number of hydrogen-bond acceptors (Lipinski definition) is 3. The van der Waals surface area contributed by atoms with Crippen molar-refractivity contribution in [3.05, 3.63) is 89.4 Å². The van der Waals surface area contributed by atoms with Gasteiger partial charge in [0.2, 0.25) is 11.8 Å². The zero-order chi connectivity index (χ0) is 19.9. The Morgan fingerprint density at radius 1 is 1.00 bits per heavy atom. The summed E-state index contributed by atoms with van der Waals surface area (Å²) in [4.78, 5) is 16.0. The van der Waals surface area contributed by atoms with E-state index in [1.165, 1.54) is 30.5 Å². The fraction of sp³-hybridized carbons (Fsp3) is 0.143. The Bertz CT molecular complexity index is 942. The van der Waals surface area contributed by atoms with Crippen LogP contribution in [0.25, 0.3) is 0 Å². The molecule has 0 saturated heterocycles. The molecule has 0 fully saturated rings. The van der Waals surface area contributed by atoms with Crippen LogP contribution >= 0.6 is 0 Å². The third-order valence-electron chi connectivity index (χ3n) is 3.97. The van der Waals surface area contributed by atoms with E-state index in [1.54, 1.807) is 18.2 Å². The average Bonchev–Trinajstić information content (AvgIpc) is 2.67. The van der Waals surface area contributed by atoms with Crippen molar-refractivity contribution in [3.63, 3.8) is 0 Å². The van der Waals surface area contributed by atoms with Crippen LogP contribution in [0.5, 0.6) is 11.6 Å². The quantitative estimate of drug-likeness (QED) is 0.649. The topological polar surface area (TPSA) is 51.2 Å². The summed E-state index contributed by atoms with van der Waals surface area (Å²) in [5.41, 5.74) is 0.621. The van der Waals surface area contributed by atoms with Gasteiger partial charge in [0.25, 0.3) is 0 Å². The molecule has 4 nitrogen and oxygen atoms in total. The molecule has 0 aliphatic carbocycles. The molecule has 7 heteroatoms. The minimum Gasteiger partial charge on any atom is -0.439 e. The second-order valence-electron chi connectivity index (χ2n) is 6.04. The van der Waals surface area contributed by atoms with Crippen molar-refractivity contribution in [2.24, 2.45) is 0 Å². The van der Waals surface area contributed by atoms with Crippen LogP contribution in [0.3, 0.4) is 0 Å². The predicted molar refractivity (Wildman–Crippen MR) is 97.2 cm³/mol. The van der Waals surface area contributed by atoms with Crippen LogP contribution in [-0.2, 0) is 17.8 Å². The van der Waals surface area contributed by atoms with Crippen LogP contribution in [0.15, 0.2) is 60.8 Å². The molecule has 0 atom stereocenters. The Morgan fingerprint density at radius 2 is 1.75 bits per heavy atom. The van der Waals surface area contributed by atoms with Crippen molar-refractivity contribution in [1.29, 1.82) is 0 Å². The van der Waals surface area contributed by atoms with Crippen LogP contribution in [0.4, 0.5) is 13.2 Å². The van der Waals surface area contributed by atoms with Crippen LogP contribution in [0.1, 0.15) is 17.5 Å². The van der Waals surface area contributed by atoms with E-state index in [9.17, 15) is 18.0 Å². The van der Waals surface area contributed by atoms with Crippen LogP contribution in [0, 0.1) is 17.5 Å². The lowest BCUT2D eigenvalue weighted by molar-refractivity contribution is -0.121. The number of nitrogens with zero attached hydrogens (tertiary/aromatic N) is 1. The normalized spacial score (nSPS) is 10.5. The van der Waals surface area contributed by atoms with Crippen molar-refractivity contribution in [2.75, 3.05) is 0 Å². The molecule has 1 N–H and O–H groups in total. The smallest absolute Gasteiger partial charge is 0.220 e. The number of rotatable bonds is 7. The van der Waals surface area contributed by atoms with Gasteiger partial charge < -0.3 is 10.1 Å². The van der Waals surface area contributed by atoms with E-state index in [-0.39, 0.29) is 36.7 Å². The summed E-state index contributed by atoms with van der Waals surface area (Å²) in [5, 5.41) is 2.67. The van der Waals surface area contributed by atoms with Gasteiger partial charge in [-0.2, -0.15) is 0 Å². The first-order valence-corrected chi connectivity index (χ1v) is 8.59. The molecule has 0 aliphatic rings. The Labute approximate surface area is 160 Å². The Morgan fingerprint density at radius 3 is 2.43 bits per heavy atom. The van der Waals surface area contributed by atoms with E-state index in [4.69, 9.17) is 4.74 Å². The molecule has 0 bridgehead atoms. The second kappa shape index (κ2) is 9.03. The molecule has 3 aromatic rings. The van der Waals surface area contributed by atoms with Gasteiger partial charge in [-0.15, -0.1) is 0 Å². The Kier molecular flexibility index (Phi) is 6.26. The maximum atomic E-state index is 13.6. The highest BCUT2D eigenvalue weighted by molar-refractivity contribution is 5.76. The van der Waals surface area contributed by atoms with Crippen LogP contribution < -0.4 is 10.1 Å². The first kappa shape index (κ1) is 19.4. The molecule has 2 aromatic carbocycles. The molecule has 28 heavy (non-hydrogen) atoms. The van der Waals surface area contributed by atoms with Gasteiger partial charge in [0.1, 0.15) is 23.2 Å². The summed E-state index contributed by atoms with van der Waals surface area (Å²) in [6.07, 6.45) is 1.46. The fourth-order valence-electron chi connectivity index (χ4n) is 2.53. The lowest BCUT2D eigenvalue weighted by Gasteiger charge is -2.08. The number of halogens is 3. The second-order valence-corrected chi connectivity index (χ2v) is 6.04. The van der Waals surface area contributed by atoms with E-state index in [1.807, 2.05) is 0 Å². The maximum Gasteiger partial charge on any atom is 0.220 e. The zero-order valence-corrected chi connectivity index (χ0v) is 14.8. The molecular weight excluding hydrogens is 369 g/mol. The SMILES string of the molecule is O=C(CCc1c(F)cccc1F)NCc1ccc(Oc2cccc(F)c2)nc1. The zero-order valence-electron chi connectivity index (χ0n) is 14.8. The number of amides is 1. The predicted octanol–water partition coefficient (Wildman–Crippen LogP) is 4.54. The molecule has 0 unspecified atom stereocenters. The van der Waals surface area contributed by atoms with Crippen molar-refractivity contribution in [2.45, 2.75) is 19.4 Å². The van der Waals surface area contributed by atoms with Gasteiger partial charge in [-0.3, -0.25) is 4.79 Å². The third-order valence-corrected chi connectivity index (χ3v) is 3.97. The highest BCUT2D eigenvalue weighted by atomic mass is 19.1. The molecular formula is C21H17F3N2O2. The van der Waals surface area contributed by atoms with Gasteiger partial charge in [-0.05, 0) is 36.2 Å². The Balaban J connectivity index is 1.48. The molecule has 1 aromatic heterocycles. The molecule has 0 saturated carbocycles. The average molecular weight is 386 g/mol. The number of carbonyl (C=O) groups excluding carboxylic acids is 1. The third kappa shape index (κ3) is 5.33. The molecule has 144 valence electrons. The van der Waals surface area contributed by atoms with Crippen molar-refractivity contribution in [1.82, 2.24) is 10.3 Å². The number of carbonyl (C=O) groups is 1. The standard InChI is InChI=1S/C21H17F3N2O2/c22-15-3-1-4-16(11-15)28-21-10-7-14(13-26-21)12-25-20(27)9-8-17-18(23)5-2-6-19(17)24/h1-7,10-11,13H,8-9,12H2,(H,25,27). The van der Waals surface area contributed by atoms with Crippen molar-refractivity contribution in [3.8, 4) is 11.6 Å². The van der Waals surface area contributed by atoms with E-state index in [0.717, 1.165) is 17.7 Å². The molecule has 1 heterocycles. The lowest BCUT2D eigenvalue weighted by Crippen LogP contribution is -2.23. The number of benzene rings is 2. The summed E-state index contributed by atoms with van der Waals surface area (Å²) in [7, 11) is 0. The van der Waals surface area contributed by atoms with Gasteiger partial charge in [0.15, 0.2) is 0 Å². The number of hydrogen-bond donors (Lipinski definition) is 1. The van der Waals surface area contributed by atoms with E-state index >= 15 is 0 Å². The van der Waals surface area contributed by atoms with Crippen molar-refractivity contribution < 1.29 is 22.7 Å². The van der Waals surface area contributed by atoms with Crippen molar-refractivity contribution >= 4 is 5.91 Å². The van der Waals surface area contributed by atoms with Crippen LogP contribution in [-0.4, -0.2) is 10.9 Å². The Hall–Kier alpha value is -3.35. The van der Waals surface area contributed by atoms with Gasteiger partial charge in [-0.25, -0.2) is 18.2 Å². The summed E-state index contributed by atoms with van der Waals surface area (Å²) in [6.45, 7) is 0.214. The summed E-state index contributed by atoms with van der Waals surface area (Å²) < 4.78 is 45.7. The fourth-order valence-corrected chi connectivity index (χ4v) is 2.53. The highest BCUT2D eigenvalue weighted by Gasteiger charge is 2.11. The van der Waals surface area contributed by atoms with Gasteiger partial charge in [0, 0.05) is 36.9 Å². The molecule has 0 aliphatic heterocycles. The lowest BCUT2D eigenvalue weighted by atomic mass is 10.1. The largest absolute Gasteiger partial charge is 0.439 e. The van der Waals surface area contributed by atoms with Gasteiger partial charge in [-0.1, -0.05) is 18.2 Å². The minimum absolute atomic E-state index is 0.0248. The first-order chi connectivity index (χ1) is 13.5. The maximum absolute atomic E-state index is 13.6. The molecule has 0 spiro atoms. The summed E-state index contributed by atoms with van der Waals surface area (Å²) >= 11 is 0. The summed E-state index contributed by atoms with van der Waals surface area (Å²) in [6, 6.07) is 12.6. The number of nitrogens with one attached hydrogen (secondary N) is 1. The summed E-state index contributed by atoms with van der Waals surface area (Å²) in [5.74, 6) is -1.45. The van der Waals surface area contributed by atoms with Gasteiger partial charge in [0.05, 0.1) is 0 Å². The number of aromatic nitrogens is 1. The van der Waals surface area contributed by atoms with Crippen LogP contribution in [0.2, 0.25) is 0 Å². The molecule has 0 radical (unpaired) electrons. The van der Waals surface area contributed by atoms with E-state index in [2.05, 4.69) is 10.3 Å². The van der Waals surface area contributed by atoms with E-state index < -0.39 is 17.5 Å². The highest BCUT2D eigenvalue weighted by Crippen LogP contribution is 2.20. The number of pyridine rings is 1. The van der Waals surface area contributed by atoms with Gasteiger partial charge >= 0.3 is 0 Å². The monoisotopic (exact) mass is 386 g/mol. The van der Waals surface area contributed by atoms with E-state index in [0.29, 0.717) is 5.75 Å². The first-order valence-electron chi connectivity index (χ1n) is 8.59.